The highest BCUT2D eigenvalue weighted by atomic mass is 79.9. The molecule has 0 amide bonds. The van der Waals surface area contributed by atoms with E-state index in [1.54, 1.807) is 18.5 Å². The quantitative estimate of drug-likeness (QED) is 0.610. The fraction of sp³-hybridized carbons (Fsp3) is 0.0588. The summed E-state index contributed by atoms with van der Waals surface area (Å²) in [5.74, 6) is 0.0490. The van der Waals surface area contributed by atoms with Gasteiger partial charge in [0, 0.05) is 28.9 Å². The van der Waals surface area contributed by atoms with Gasteiger partial charge < -0.3 is 0 Å². The van der Waals surface area contributed by atoms with Crippen LogP contribution in [0.2, 0.25) is 5.02 Å². The van der Waals surface area contributed by atoms with Crippen molar-refractivity contribution in [1.82, 2.24) is 4.98 Å². The normalized spacial score (nSPS) is 10.8. The van der Waals surface area contributed by atoms with Gasteiger partial charge in [0.2, 0.25) is 0 Å². The third-order valence-electron chi connectivity index (χ3n) is 3.33. The van der Waals surface area contributed by atoms with E-state index in [9.17, 15) is 4.79 Å². The van der Waals surface area contributed by atoms with Gasteiger partial charge >= 0.3 is 0 Å². The van der Waals surface area contributed by atoms with Crippen LogP contribution >= 0.6 is 27.5 Å². The Morgan fingerprint density at radius 1 is 1.10 bits per heavy atom. The van der Waals surface area contributed by atoms with Crippen molar-refractivity contribution in [2.24, 2.45) is 0 Å². The number of benzene rings is 2. The fourth-order valence-corrected chi connectivity index (χ4v) is 2.78. The van der Waals surface area contributed by atoms with E-state index < -0.39 is 0 Å². The number of fused-ring (bicyclic) bond motifs is 1. The maximum Gasteiger partial charge on any atom is 0.167 e. The SMILES string of the molecule is O=C(Cc1ccncc1Cl)c1ccc2cc(Br)ccc2c1. The summed E-state index contributed by atoms with van der Waals surface area (Å²) >= 11 is 9.49. The molecule has 0 fully saturated rings. The van der Waals surface area contributed by atoms with E-state index in [2.05, 4.69) is 20.9 Å². The molecule has 4 heteroatoms. The second kappa shape index (κ2) is 5.96. The van der Waals surface area contributed by atoms with Crippen molar-refractivity contribution in [3.8, 4) is 0 Å². The third kappa shape index (κ3) is 3.14. The lowest BCUT2D eigenvalue weighted by atomic mass is 10.0. The summed E-state index contributed by atoms with van der Waals surface area (Å²) in [6, 6.07) is 13.5. The lowest BCUT2D eigenvalue weighted by Crippen LogP contribution is -2.04. The number of pyridine rings is 1. The molecule has 21 heavy (non-hydrogen) atoms. The van der Waals surface area contributed by atoms with Crippen molar-refractivity contribution < 1.29 is 4.79 Å². The molecule has 2 nitrogen and oxygen atoms in total. The van der Waals surface area contributed by atoms with Crippen LogP contribution in [0.5, 0.6) is 0 Å². The molecule has 1 heterocycles. The van der Waals surface area contributed by atoms with E-state index >= 15 is 0 Å². The van der Waals surface area contributed by atoms with Crippen LogP contribution in [0.1, 0.15) is 15.9 Å². The van der Waals surface area contributed by atoms with Crippen LogP contribution in [0.4, 0.5) is 0 Å². The largest absolute Gasteiger partial charge is 0.294 e. The first kappa shape index (κ1) is 14.2. The number of nitrogens with zero attached hydrogens (tertiary/aromatic N) is 1. The minimum absolute atomic E-state index is 0.0490. The number of Topliss-reactive ketones (excluding diaryl/α,β-unsaturated/α-hetero) is 1. The van der Waals surface area contributed by atoms with Crippen LogP contribution in [0.3, 0.4) is 0 Å². The third-order valence-corrected chi connectivity index (χ3v) is 4.17. The highest BCUT2D eigenvalue weighted by molar-refractivity contribution is 9.10. The van der Waals surface area contributed by atoms with Crippen molar-refractivity contribution >= 4 is 44.1 Å². The van der Waals surface area contributed by atoms with Crippen molar-refractivity contribution in [2.45, 2.75) is 6.42 Å². The summed E-state index contributed by atoms with van der Waals surface area (Å²) in [5, 5.41) is 2.67. The van der Waals surface area contributed by atoms with Gasteiger partial charge in [-0.15, -0.1) is 0 Å². The topological polar surface area (TPSA) is 30.0 Å². The molecule has 104 valence electrons. The van der Waals surface area contributed by atoms with Gasteiger partial charge in [0.15, 0.2) is 5.78 Å². The predicted octanol–water partition coefficient (Wildman–Crippen LogP) is 5.08. The van der Waals surface area contributed by atoms with Gasteiger partial charge in [-0.3, -0.25) is 9.78 Å². The molecule has 1 aromatic heterocycles. The second-order valence-corrected chi connectivity index (χ2v) is 6.10. The molecule has 0 radical (unpaired) electrons. The molecular weight excluding hydrogens is 350 g/mol. The van der Waals surface area contributed by atoms with Gasteiger partial charge in [-0.1, -0.05) is 45.7 Å². The predicted molar refractivity (Wildman–Crippen MR) is 88.9 cm³/mol. The zero-order valence-electron chi connectivity index (χ0n) is 11.0. The van der Waals surface area contributed by atoms with Crippen LogP contribution < -0.4 is 0 Å². The van der Waals surface area contributed by atoms with Gasteiger partial charge in [-0.2, -0.15) is 0 Å². The Kier molecular flexibility index (Phi) is 4.04. The number of hydrogen-bond donors (Lipinski definition) is 0. The van der Waals surface area contributed by atoms with E-state index in [-0.39, 0.29) is 12.2 Å². The summed E-state index contributed by atoms with van der Waals surface area (Å²) in [4.78, 5) is 16.3. The minimum Gasteiger partial charge on any atom is -0.294 e. The molecule has 0 N–H and O–H groups in total. The molecule has 0 atom stereocenters. The molecule has 3 rings (SSSR count). The fourth-order valence-electron chi connectivity index (χ4n) is 2.21. The van der Waals surface area contributed by atoms with Crippen LogP contribution in [-0.2, 0) is 6.42 Å². The van der Waals surface area contributed by atoms with Crippen LogP contribution in [-0.4, -0.2) is 10.8 Å². The highest BCUT2D eigenvalue weighted by Gasteiger charge is 2.10. The smallest absolute Gasteiger partial charge is 0.167 e. The van der Waals surface area contributed by atoms with Gasteiger partial charge in [0.1, 0.15) is 0 Å². The zero-order valence-corrected chi connectivity index (χ0v) is 13.4. The number of halogens is 2. The van der Waals surface area contributed by atoms with Gasteiger partial charge in [-0.05, 0) is 40.6 Å². The van der Waals surface area contributed by atoms with Gasteiger partial charge in [0.05, 0.1) is 5.02 Å². The molecule has 0 bridgehead atoms. The van der Waals surface area contributed by atoms with E-state index in [4.69, 9.17) is 11.6 Å². The van der Waals surface area contributed by atoms with Crippen LogP contribution in [0.15, 0.2) is 59.3 Å². The number of ketones is 1. The monoisotopic (exact) mass is 359 g/mol. The van der Waals surface area contributed by atoms with Crippen LogP contribution in [0.25, 0.3) is 10.8 Å². The zero-order chi connectivity index (χ0) is 14.8. The first-order valence-corrected chi connectivity index (χ1v) is 7.61. The Balaban J connectivity index is 1.91. The Morgan fingerprint density at radius 3 is 2.67 bits per heavy atom. The highest BCUT2D eigenvalue weighted by Crippen LogP contribution is 2.22. The molecule has 0 spiro atoms. The number of carbonyl (C=O) groups is 1. The Morgan fingerprint density at radius 2 is 1.86 bits per heavy atom. The summed E-state index contributed by atoms with van der Waals surface area (Å²) in [7, 11) is 0. The Labute approximate surface area is 135 Å². The molecule has 2 aromatic carbocycles. The first-order valence-electron chi connectivity index (χ1n) is 6.44. The maximum atomic E-state index is 12.4. The minimum atomic E-state index is 0.0490. The number of hydrogen-bond acceptors (Lipinski definition) is 2. The molecular formula is C17H11BrClNO. The lowest BCUT2D eigenvalue weighted by molar-refractivity contribution is 0.0993. The molecule has 0 saturated carbocycles. The molecule has 0 unspecified atom stereocenters. The standard InChI is InChI=1S/C17H11BrClNO/c18-15-4-3-11-7-14(2-1-12(11)8-15)17(21)9-13-5-6-20-10-16(13)19/h1-8,10H,9H2. The van der Waals surface area contributed by atoms with Crippen molar-refractivity contribution in [3.05, 3.63) is 75.5 Å². The summed E-state index contributed by atoms with van der Waals surface area (Å²) < 4.78 is 1.03. The first-order chi connectivity index (χ1) is 10.1. The van der Waals surface area contributed by atoms with E-state index in [0.717, 1.165) is 20.8 Å². The van der Waals surface area contributed by atoms with Gasteiger partial charge in [-0.25, -0.2) is 0 Å². The summed E-state index contributed by atoms with van der Waals surface area (Å²) in [6.45, 7) is 0. The number of rotatable bonds is 3. The number of aromatic nitrogens is 1. The van der Waals surface area contributed by atoms with Gasteiger partial charge in [0.25, 0.3) is 0 Å². The maximum absolute atomic E-state index is 12.4. The second-order valence-electron chi connectivity index (χ2n) is 4.77. The van der Waals surface area contributed by atoms with Crippen molar-refractivity contribution in [3.63, 3.8) is 0 Å². The van der Waals surface area contributed by atoms with Crippen molar-refractivity contribution in [2.75, 3.05) is 0 Å². The van der Waals surface area contributed by atoms with Crippen molar-refractivity contribution in [1.29, 1.82) is 0 Å². The summed E-state index contributed by atoms with van der Waals surface area (Å²) in [6.07, 6.45) is 3.48. The molecule has 0 aliphatic rings. The average molecular weight is 361 g/mol. The van der Waals surface area contributed by atoms with Crippen LogP contribution in [0, 0.1) is 0 Å². The summed E-state index contributed by atoms with van der Waals surface area (Å²) in [5.41, 5.74) is 1.49. The van der Waals surface area contributed by atoms with E-state index in [0.29, 0.717) is 10.6 Å². The Hall–Kier alpha value is -1.71. The molecule has 0 aliphatic carbocycles. The average Bonchev–Trinajstić information content (AvgIpc) is 2.49. The lowest BCUT2D eigenvalue weighted by Gasteiger charge is -2.05. The van der Waals surface area contributed by atoms with E-state index in [1.165, 1.54) is 0 Å². The molecule has 0 saturated heterocycles. The number of carbonyl (C=O) groups excluding carboxylic acids is 1. The van der Waals surface area contributed by atoms with E-state index in [1.807, 2.05) is 36.4 Å². The Bertz CT molecular complexity index is 832. The molecule has 0 aliphatic heterocycles. The molecule has 3 aromatic rings.